The first-order valence-corrected chi connectivity index (χ1v) is 8.36. The van der Waals surface area contributed by atoms with Crippen LogP contribution in [0, 0.1) is 0 Å². The Hall–Kier alpha value is -1.86. The maximum atomic E-state index is 11.9. The Balaban J connectivity index is 1.60. The van der Waals surface area contributed by atoms with Gasteiger partial charge in [-0.15, -0.1) is 0 Å². The summed E-state index contributed by atoms with van der Waals surface area (Å²) in [7, 11) is 0. The Morgan fingerprint density at radius 3 is 2.80 bits per heavy atom. The van der Waals surface area contributed by atoms with Crippen LogP contribution in [0.2, 0.25) is 10.0 Å². The molecule has 3 rings (SSSR count). The van der Waals surface area contributed by atoms with E-state index in [1.54, 1.807) is 37.3 Å². The Kier molecular flexibility index (Phi) is 5.44. The first-order valence-electron chi connectivity index (χ1n) is 7.61. The second-order valence-electron chi connectivity index (χ2n) is 5.60. The van der Waals surface area contributed by atoms with Crippen molar-refractivity contribution in [2.45, 2.75) is 19.1 Å². The monoisotopic (exact) mass is 382 g/mol. The van der Waals surface area contributed by atoms with Crippen molar-refractivity contribution in [3.05, 3.63) is 46.1 Å². The first kappa shape index (κ1) is 17.9. The number of amides is 1. The minimum Gasteiger partial charge on any atom is -0.455 e. The molecule has 0 unspecified atom stereocenters. The molecule has 1 aromatic carbocycles. The van der Waals surface area contributed by atoms with E-state index in [1.807, 2.05) is 0 Å². The average Bonchev–Trinajstić information content (AvgIpc) is 3.19. The van der Waals surface area contributed by atoms with Crippen LogP contribution in [0.3, 0.4) is 0 Å². The Morgan fingerprint density at radius 2 is 2.04 bits per heavy atom. The van der Waals surface area contributed by atoms with E-state index in [1.165, 1.54) is 6.21 Å². The highest BCUT2D eigenvalue weighted by Crippen LogP contribution is 2.34. The third kappa shape index (κ3) is 4.41. The molecule has 0 saturated carbocycles. The molecule has 1 aliphatic heterocycles. The summed E-state index contributed by atoms with van der Waals surface area (Å²) in [5, 5.41) is 4.74. The number of hydrazone groups is 1. The molecule has 0 bridgehead atoms. The Bertz CT molecular complexity index is 798. The van der Waals surface area contributed by atoms with E-state index >= 15 is 0 Å². The number of hydrogen-bond donors (Lipinski definition) is 1. The second kappa shape index (κ2) is 7.58. The summed E-state index contributed by atoms with van der Waals surface area (Å²) in [5.74, 6) is -0.183. The molecule has 25 heavy (non-hydrogen) atoms. The van der Waals surface area contributed by atoms with Gasteiger partial charge in [0.2, 0.25) is 5.91 Å². The van der Waals surface area contributed by atoms with Gasteiger partial charge < -0.3 is 13.9 Å². The van der Waals surface area contributed by atoms with E-state index in [-0.39, 0.29) is 12.3 Å². The Morgan fingerprint density at radius 1 is 1.28 bits per heavy atom. The van der Waals surface area contributed by atoms with Crippen molar-refractivity contribution in [2.24, 2.45) is 5.10 Å². The van der Waals surface area contributed by atoms with Crippen molar-refractivity contribution in [3.8, 4) is 11.3 Å². The van der Waals surface area contributed by atoms with Crippen molar-refractivity contribution >= 4 is 35.3 Å². The van der Waals surface area contributed by atoms with E-state index in [4.69, 9.17) is 37.1 Å². The molecule has 0 aliphatic carbocycles. The summed E-state index contributed by atoms with van der Waals surface area (Å²) in [6.45, 7) is 2.68. The van der Waals surface area contributed by atoms with Crippen molar-refractivity contribution in [1.29, 1.82) is 0 Å². The van der Waals surface area contributed by atoms with E-state index in [9.17, 15) is 4.79 Å². The van der Waals surface area contributed by atoms with Gasteiger partial charge in [0.1, 0.15) is 11.5 Å². The highest BCUT2D eigenvalue weighted by Gasteiger charge is 2.33. The lowest BCUT2D eigenvalue weighted by molar-refractivity contribution is -0.159. The molecule has 0 atom stereocenters. The smallest absolute Gasteiger partial charge is 0.245 e. The van der Waals surface area contributed by atoms with Crippen LogP contribution in [0.15, 0.2) is 39.9 Å². The topological polar surface area (TPSA) is 73.1 Å². The molecule has 1 amide bonds. The lowest BCUT2D eigenvalue weighted by Crippen LogP contribution is -2.33. The quantitative estimate of drug-likeness (QED) is 0.629. The van der Waals surface area contributed by atoms with E-state index in [0.29, 0.717) is 40.3 Å². The molecular formula is C17H16Cl2N2O4. The SMILES string of the molecule is CC1(CC(=O)N/N=C\c2ccc(-c3cccc(Cl)c3Cl)o2)OCCO1. The minimum absolute atomic E-state index is 0.0614. The standard InChI is InChI=1S/C17H16Cl2N2O4/c1-17(23-7-8-24-17)9-15(22)21-20-10-11-5-6-14(25-11)12-3-2-4-13(18)16(12)19/h2-6,10H,7-9H2,1H3,(H,21,22)/b20-10-. The second-order valence-corrected chi connectivity index (χ2v) is 6.39. The highest BCUT2D eigenvalue weighted by molar-refractivity contribution is 6.43. The largest absolute Gasteiger partial charge is 0.455 e. The van der Waals surface area contributed by atoms with Crippen LogP contribution >= 0.6 is 23.2 Å². The van der Waals surface area contributed by atoms with Gasteiger partial charge in [-0.2, -0.15) is 5.10 Å². The fraction of sp³-hybridized carbons (Fsp3) is 0.294. The zero-order valence-electron chi connectivity index (χ0n) is 13.4. The zero-order chi connectivity index (χ0) is 17.9. The van der Waals surface area contributed by atoms with Crippen LogP contribution in [0.1, 0.15) is 19.1 Å². The number of nitrogens with one attached hydrogen (secondary N) is 1. The van der Waals surface area contributed by atoms with Crippen LogP contribution in [0.25, 0.3) is 11.3 Å². The summed E-state index contributed by atoms with van der Waals surface area (Å²) in [6, 6.07) is 8.76. The molecule has 0 radical (unpaired) electrons. The third-order valence-corrected chi connectivity index (χ3v) is 4.42. The maximum absolute atomic E-state index is 11.9. The number of benzene rings is 1. The summed E-state index contributed by atoms with van der Waals surface area (Å²) in [5.41, 5.74) is 3.10. The number of rotatable bonds is 5. The van der Waals surface area contributed by atoms with Gasteiger partial charge in [0.15, 0.2) is 5.79 Å². The van der Waals surface area contributed by atoms with Crippen molar-refractivity contribution in [3.63, 3.8) is 0 Å². The molecule has 6 nitrogen and oxygen atoms in total. The van der Waals surface area contributed by atoms with Crippen molar-refractivity contribution < 1.29 is 18.7 Å². The van der Waals surface area contributed by atoms with Crippen molar-refractivity contribution in [1.82, 2.24) is 5.43 Å². The average molecular weight is 383 g/mol. The number of carbonyl (C=O) groups excluding carboxylic acids is 1. The molecule has 1 aromatic heterocycles. The summed E-state index contributed by atoms with van der Waals surface area (Å²) < 4.78 is 16.4. The van der Waals surface area contributed by atoms with Gasteiger partial charge in [0.05, 0.1) is 35.9 Å². The first-order chi connectivity index (χ1) is 12.0. The summed E-state index contributed by atoms with van der Waals surface area (Å²) in [6.07, 6.45) is 1.46. The van der Waals surface area contributed by atoms with Gasteiger partial charge in [-0.05, 0) is 31.2 Å². The summed E-state index contributed by atoms with van der Waals surface area (Å²) >= 11 is 12.2. The van der Waals surface area contributed by atoms with Crippen LogP contribution in [-0.2, 0) is 14.3 Å². The molecule has 2 heterocycles. The molecule has 132 valence electrons. The lowest BCUT2D eigenvalue weighted by Gasteiger charge is -2.20. The number of hydrogen-bond acceptors (Lipinski definition) is 5. The normalized spacial score (nSPS) is 16.4. The molecule has 1 aliphatic rings. The predicted octanol–water partition coefficient (Wildman–Crippen LogP) is 3.86. The third-order valence-electron chi connectivity index (χ3n) is 3.60. The predicted molar refractivity (Wildman–Crippen MR) is 94.8 cm³/mol. The van der Waals surface area contributed by atoms with Crippen LogP contribution in [0.4, 0.5) is 0 Å². The number of halogens is 2. The minimum atomic E-state index is -0.888. The Labute approximate surface area is 154 Å². The van der Waals surface area contributed by atoms with Crippen LogP contribution in [-0.4, -0.2) is 31.1 Å². The number of furan rings is 1. The van der Waals surface area contributed by atoms with Gasteiger partial charge >= 0.3 is 0 Å². The molecular weight excluding hydrogens is 367 g/mol. The van der Waals surface area contributed by atoms with E-state index in [2.05, 4.69) is 10.5 Å². The van der Waals surface area contributed by atoms with Gasteiger partial charge in [-0.1, -0.05) is 29.3 Å². The van der Waals surface area contributed by atoms with Gasteiger partial charge in [-0.3, -0.25) is 4.79 Å². The lowest BCUT2D eigenvalue weighted by atomic mass is 10.2. The molecule has 1 N–H and O–H groups in total. The fourth-order valence-electron chi connectivity index (χ4n) is 2.42. The van der Waals surface area contributed by atoms with Crippen LogP contribution in [0.5, 0.6) is 0 Å². The maximum Gasteiger partial charge on any atom is 0.245 e. The molecule has 8 heteroatoms. The summed E-state index contributed by atoms with van der Waals surface area (Å²) in [4.78, 5) is 11.9. The van der Waals surface area contributed by atoms with E-state index in [0.717, 1.165) is 0 Å². The van der Waals surface area contributed by atoms with Gasteiger partial charge in [-0.25, -0.2) is 5.43 Å². The number of nitrogens with zero attached hydrogens (tertiary/aromatic N) is 1. The molecule has 2 aromatic rings. The molecule has 1 fully saturated rings. The fourth-order valence-corrected chi connectivity index (χ4v) is 2.81. The highest BCUT2D eigenvalue weighted by atomic mass is 35.5. The van der Waals surface area contributed by atoms with Gasteiger partial charge in [0, 0.05) is 5.56 Å². The molecule has 0 spiro atoms. The van der Waals surface area contributed by atoms with Gasteiger partial charge in [0.25, 0.3) is 0 Å². The van der Waals surface area contributed by atoms with E-state index < -0.39 is 5.79 Å². The zero-order valence-corrected chi connectivity index (χ0v) is 14.9. The number of carbonyl (C=O) groups is 1. The number of ether oxygens (including phenoxy) is 2. The molecule has 1 saturated heterocycles. The van der Waals surface area contributed by atoms with Crippen LogP contribution < -0.4 is 5.43 Å². The van der Waals surface area contributed by atoms with Crippen molar-refractivity contribution in [2.75, 3.05) is 13.2 Å².